The molecule has 0 aromatic heterocycles. The molecule has 2 rings (SSSR count). The van der Waals surface area contributed by atoms with Crippen LogP contribution in [0.5, 0.6) is 0 Å². The van der Waals surface area contributed by atoms with E-state index in [1.807, 2.05) is 43.4 Å². The molecule has 0 aliphatic heterocycles. The molecule has 0 aliphatic rings. The Kier molecular flexibility index (Phi) is 5.50. The quantitative estimate of drug-likeness (QED) is 0.631. The standard InChI is InChI=1S/C17H18BrNO/c1-19-12-2-3-17(20)15-6-4-13(5-7-15)14-8-10-16(18)11-9-14/h4-11,19H,2-3,12H2,1H3. The molecule has 0 amide bonds. The average molecular weight is 332 g/mol. The minimum Gasteiger partial charge on any atom is -0.320 e. The number of halogens is 1. The third-order valence-electron chi connectivity index (χ3n) is 3.22. The fourth-order valence-corrected chi connectivity index (χ4v) is 2.33. The van der Waals surface area contributed by atoms with E-state index < -0.39 is 0 Å². The van der Waals surface area contributed by atoms with Crippen molar-refractivity contribution in [1.29, 1.82) is 0 Å². The summed E-state index contributed by atoms with van der Waals surface area (Å²) in [6.07, 6.45) is 1.47. The Bertz CT molecular complexity index is 561. The summed E-state index contributed by atoms with van der Waals surface area (Å²) in [5.74, 6) is 0.211. The van der Waals surface area contributed by atoms with Gasteiger partial charge in [0.15, 0.2) is 5.78 Å². The van der Waals surface area contributed by atoms with Gasteiger partial charge in [0.2, 0.25) is 0 Å². The van der Waals surface area contributed by atoms with Crippen LogP contribution in [0.3, 0.4) is 0 Å². The van der Waals surface area contributed by atoms with Gasteiger partial charge < -0.3 is 5.32 Å². The molecule has 0 aliphatic carbocycles. The topological polar surface area (TPSA) is 29.1 Å². The molecule has 1 N–H and O–H groups in total. The third-order valence-corrected chi connectivity index (χ3v) is 3.74. The zero-order valence-corrected chi connectivity index (χ0v) is 13.1. The molecule has 2 aromatic rings. The van der Waals surface area contributed by atoms with E-state index in [9.17, 15) is 4.79 Å². The molecule has 20 heavy (non-hydrogen) atoms. The third kappa shape index (κ3) is 4.02. The summed E-state index contributed by atoms with van der Waals surface area (Å²) >= 11 is 3.43. The van der Waals surface area contributed by atoms with Gasteiger partial charge in [-0.1, -0.05) is 52.3 Å². The summed E-state index contributed by atoms with van der Waals surface area (Å²) in [6, 6.07) is 16.0. The number of rotatable bonds is 6. The molecule has 2 aromatic carbocycles. The Morgan fingerprint density at radius 3 is 2.10 bits per heavy atom. The maximum absolute atomic E-state index is 12.0. The number of Topliss-reactive ketones (excluding diaryl/α,β-unsaturated/α-hetero) is 1. The number of ketones is 1. The lowest BCUT2D eigenvalue weighted by Gasteiger charge is -2.05. The van der Waals surface area contributed by atoms with E-state index in [2.05, 4.69) is 33.4 Å². The maximum Gasteiger partial charge on any atom is 0.162 e. The second kappa shape index (κ2) is 7.36. The minimum absolute atomic E-state index is 0.211. The minimum atomic E-state index is 0.211. The molecule has 0 fully saturated rings. The zero-order chi connectivity index (χ0) is 14.4. The number of benzene rings is 2. The van der Waals surface area contributed by atoms with Gasteiger partial charge in [0.25, 0.3) is 0 Å². The lowest BCUT2D eigenvalue weighted by Crippen LogP contribution is -2.10. The molecule has 104 valence electrons. The van der Waals surface area contributed by atoms with Crippen molar-refractivity contribution in [2.24, 2.45) is 0 Å². The van der Waals surface area contributed by atoms with E-state index in [-0.39, 0.29) is 5.78 Å². The molecule has 0 atom stereocenters. The van der Waals surface area contributed by atoms with Gasteiger partial charge in [-0.3, -0.25) is 4.79 Å². The van der Waals surface area contributed by atoms with Crippen LogP contribution < -0.4 is 5.32 Å². The smallest absolute Gasteiger partial charge is 0.162 e. The lowest BCUT2D eigenvalue weighted by molar-refractivity contribution is 0.0980. The van der Waals surface area contributed by atoms with E-state index in [1.165, 1.54) is 0 Å². The van der Waals surface area contributed by atoms with Gasteiger partial charge in [-0.15, -0.1) is 0 Å². The molecule has 0 spiro atoms. The predicted octanol–water partition coefficient (Wildman–Crippen LogP) is 4.30. The number of carbonyl (C=O) groups excluding carboxylic acids is 1. The second-order valence-corrected chi connectivity index (χ2v) is 5.63. The molecule has 0 radical (unpaired) electrons. The van der Waals surface area contributed by atoms with Crippen molar-refractivity contribution < 1.29 is 4.79 Å². The van der Waals surface area contributed by atoms with Crippen LogP contribution in [-0.2, 0) is 0 Å². The molecular formula is C17H18BrNO. The Morgan fingerprint density at radius 2 is 1.55 bits per heavy atom. The summed E-state index contributed by atoms with van der Waals surface area (Å²) in [4.78, 5) is 12.0. The van der Waals surface area contributed by atoms with E-state index in [0.717, 1.165) is 34.1 Å². The average Bonchev–Trinajstić information content (AvgIpc) is 2.48. The molecular weight excluding hydrogens is 314 g/mol. The summed E-state index contributed by atoms with van der Waals surface area (Å²) in [6.45, 7) is 0.878. The summed E-state index contributed by atoms with van der Waals surface area (Å²) in [5.41, 5.74) is 3.08. The molecule has 0 bridgehead atoms. The molecule has 0 heterocycles. The molecule has 3 heteroatoms. The SMILES string of the molecule is CNCCCC(=O)c1ccc(-c2ccc(Br)cc2)cc1. The van der Waals surface area contributed by atoms with Gasteiger partial charge in [-0.05, 0) is 43.3 Å². The highest BCUT2D eigenvalue weighted by atomic mass is 79.9. The van der Waals surface area contributed by atoms with Crippen LogP contribution in [0.15, 0.2) is 53.0 Å². The highest BCUT2D eigenvalue weighted by Crippen LogP contribution is 2.22. The van der Waals surface area contributed by atoms with Gasteiger partial charge in [-0.2, -0.15) is 0 Å². The van der Waals surface area contributed by atoms with Crippen molar-refractivity contribution in [3.05, 3.63) is 58.6 Å². The Hall–Kier alpha value is -1.45. The van der Waals surface area contributed by atoms with Crippen LogP contribution in [-0.4, -0.2) is 19.4 Å². The van der Waals surface area contributed by atoms with Crippen LogP contribution in [0.1, 0.15) is 23.2 Å². The van der Waals surface area contributed by atoms with E-state index in [0.29, 0.717) is 6.42 Å². The van der Waals surface area contributed by atoms with Gasteiger partial charge in [0.1, 0.15) is 0 Å². The number of nitrogens with one attached hydrogen (secondary N) is 1. The van der Waals surface area contributed by atoms with E-state index in [1.54, 1.807) is 0 Å². The van der Waals surface area contributed by atoms with Crippen molar-refractivity contribution in [1.82, 2.24) is 5.32 Å². The summed E-state index contributed by atoms with van der Waals surface area (Å²) in [5, 5.41) is 3.05. The van der Waals surface area contributed by atoms with Crippen LogP contribution in [0.4, 0.5) is 0 Å². The first-order valence-corrected chi connectivity index (χ1v) is 7.54. The van der Waals surface area contributed by atoms with Crippen LogP contribution in [0.25, 0.3) is 11.1 Å². The van der Waals surface area contributed by atoms with Crippen molar-refractivity contribution in [2.75, 3.05) is 13.6 Å². The van der Waals surface area contributed by atoms with Crippen LogP contribution >= 0.6 is 15.9 Å². The highest BCUT2D eigenvalue weighted by Gasteiger charge is 2.05. The zero-order valence-electron chi connectivity index (χ0n) is 11.5. The van der Waals surface area contributed by atoms with Gasteiger partial charge in [0, 0.05) is 16.5 Å². The number of hydrogen-bond donors (Lipinski definition) is 1. The Labute approximate surface area is 128 Å². The Morgan fingerprint density at radius 1 is 1.00 bits per heavy atom. The fourth-order valence-electron chi connectivity index (χ4n) is 2.06. The predicted molar refractivity (Wildman–Crippen MR) is 87.1 cm³/mol. The highest BCUT2D eigenvalue weighted by molar-refractivity contribution is 9.10. The van der Waals surface area contributed by atoms with Crippen molar-refractivity contribution in [2.45, 2.75) is 12.8 Å². The van der Waals surface area contributed by atoms with Crippen LogP contribution in [0, 0.1) is 0 Å². The first-order chi connectivity index (χ1) is 9.70. The van der Waals surface area contributed by atoms with Gasteiger partial charge in [0.05, 0.1) is 0 Å². The maximum atomic E-state index is 12.0. The lowest BCUT2D eigenvalue weighted by atomic mass is 10.0. The molecule has 2 nitrogen and oxygen atoms in total. The summed E-state index contributed by atoms with van der Waals surface area (Å²) in [7, 11) is 1.90. The van der Waals surface area contributed by atoms with Gasteiger partial charge in [-0.25, -0.2) is 0 Å². The molecule has 0 saturated heterocycles. The first-order valence-electron chi connectivity index (χ1n) is 6.74. The summed E-state index contributed by atoms with van der Waals surface area (Å²) < 4.78 is 1.07. The molecule has 0 unspecified atom stereocenters. The van der Waals surface area contributed by atoms with Crippen molar-refractivity contribution in [3.63, 3.8) is 0 Å². The van der Waals surface area contributed by atoms with E-state index >= 15 is 0 Å². The fraction of sp³-hybridized carbons (Fsp3) is 0.235. The molecule has 0 saturated carbocycles. The normalized spacial score (nSPS) is 10.5. The van der Waals surface area contributed by atoms with Crippen molar-refractivity contribution in [3.8, 4) is 11.1 Å². The number of hydrogen-bond acceptors (Lipinski definition) is 2. The largest absolute Gasteiger partial charge is 0.320 e. The van der Waals surface area contributed by atoms with Crippen LogP contribution in [0.2, 0.25) is 0 Å². The Balaban J connectivity index is 2.06. The second-order valence-electron chi connectivity index (χ2n) is 4.71. The number of carbonyl (C=O) groups is 1. The van der Waals surface area contributed by atoms with E-state index in [4.69, 9.17) is 0 Å². The monoisotopic (exact) mass is 331 g/mol. The van der Waals surface area contributed by atoms with Crippen molar-refractivity contribution >= 4 is 21.7 Å². The first kappa shape index (κ1) is 14.9. The van der Waals surface area contributed by atoms with Gasteiger partial charge >= 0.3 is 0 Å².